The van der Waals surface area contributed by atoms with Crippen LogP contribution >= 0.6 is 0 Å². The molecule has 0 spiro atoms. The van der Waals surface area contributed by atoms with Crippen LogP contribution in [0.4, 0.5) is 0 Å². The zero-order valence-corrected chi connectivity index (χ0v) is 11.6. The first-order valence-corrected chi connectivity index (χ1v) is 6.97. The summed E-state index contributed by atoms with van der Waals surface area (Å²) < 4.78 is 0. The van der Waals surface area contributed by atoms with E-state index >= 15 is 0 Å². The monoisotopic (exact) mass is 250 g/mol. The third-order valence-corrected chi connectivity index (χ3v) is 4.89. The SMILES string of the molecule is CC1=C2N=c3cc4c(cc31)=CC(C)(NCC=C4)C2C. The number of allylic oxidation sites excluding steroid dienone is 1. The van der Waals surface area contributed by atoms with Crippen LogP contribution in [0.15, 0.2) is 28.9 Å². The molecular formula is C17H18N2. The van der Waals surface area contributed by atoms with Crippen molar-refractivity contribution in [3.8, 4) is 0 Å². The Kier molecular flexibility index (Phi) is 2.03. The molecule has 1 aliphatic carbocycles. The fourth-order valence-electron chi connectivity index (χ4n) is 3.46. The van der Waals surface area contributed by atoms with Gasteiger partial charge in [-0.2, -0.15) is 0 Å². The summed E-state index contributed by atoms with van der Waals surface area (Å²) in [5.74, 6) is 0.378. The van der Waals surface area contributed by atoms with Gasteiger partial charge in [-0.3, -0.25) is 4.99 Å². The molecule has 2 unspecified atom stereocenters. The van der Waals surface area contributed by atoms with E-state index in [9.17, 15) is 0 Å². The second-order valence-electron chi connectivity index (χ2n) is 6.05. The number of rotatable bonds is 0. The minimum atomic E-state index is -0.0406. The Bertz CT molecular complexity index is 767. The molecule has 0 saturated heterocycles. The van der Waals surface area contributed by atoms with Crippen LogP contribution in [0.25, 0.3) is 17.7 Å². The molecule has 1 aromatic carbocycles. The molecule has 0 aromatic heterocycles. The Labute approximate surface area is 113 Å². The van der Waals surface area contributed by atoms with E-state index < -0.39 is 0 Å². The zero-order valence-electron chi connectivity index (χ0n) is 11.6. The van der Waals surface area contributed by atoms with E-state index in [2.05, 4.69) is 56.4 Å². The molecular weight excluding hydrogens is 232 g/mol. The number of nitrogens with zero attached hydrogens (tertiary/aromatic N) is 1. The average Bonchev–Trinajstić information content (AvgIpc) is 2.70. The number of hydrogen-bond donors (Lipinski definition) is 1. The second-order valence-corrected chi connectivity index (χ2v) is 6.05. The summed E-state index contributed by atoms with van der Waals surface area (Å²) in [4.78, 5) is 4.90. The zero-order chi connectivity index (χ0) is 13.2. The lowest BCUT2D eigenvalue weighted by atomic mass is 9.80. The summed E-state index contributed by atoms with van der Waals surface area (Å²) >= 11 is 0. The van der Waals surface area contributed by atoms with Gasteiger partial charge in [-0.1, -0.05) is 25.2 Å². The maximum absolute atomic E-state index is 4.90. The molecule has 0 saturated carbocycles. The number of hydrogen-bond acceptors (Lipinski definition) is 2. The van der Waals surface area contributed by atoms with Gasteiger partial charge < -0.3 is 5.32 Å². The van der Waals surface area contributed by atoms with Gasteiger partial charge in [0, 0.05) is 29.3 Å². The molecule has 3 aliphatic rings. The molecule has 19 heavy (non-hydrogen) atoms. The first-order chi connectivity index (χ1) is 9.08. The summed E-state index contributed by atoms with van der Waals surface area (Å²) in [6.45, 7) is 7.68. The highest BCUT2D eigenvalue weighted by atomic mass is 15.0. The predicted molar refractivity (Wildman–Crippen MR) is 78.9 cm³/mol. The Morgan fingerprint density at radius 1 is 1.37 bits per heavy atom. The van der Waals surface area contributed by atoms with E-state index in [1.165, 1.54) is 27.6 Å². The second kappa shape index (κ2) is 3.45. The normalized spacial score (nSPS) is 30.6. The third kappa shape index (κ3) is 1.38. The lowest BCUT2D eigenvalue weighted by molar-refractivity contribution is 0.378. The topological polar surface area (TPSA) is 24.4 Å². The average molecular weight is 250 g/mol. The van der Waals surface area contributed by atoms with Crippen molar-refractivity contribution in [1.82, 2.24) is 5.32 Å². The summed E-state index contributed by atoms with van der Waals surface area (Å²) in [5.41, 5.74) is 5.15. The Balaban J connectivity index is 2.20. The van der Waals surface area contributed by atoms with E-state index in [1.54, 1.807) is 0 Å². The van der Waals surface area contributed by atoms with Crippen LogP contribution in [0.3, 0.4) is 0 Å². The fourth-order valence-corrected chi connectivity index (χ4v) is 3.46. The van der Waals surface area contributed by atoms with Crippen LogP contribution in [0, 0.1) is 5.92 Å². The van der Waals surface area contributed by atoms with Crippen LogP contribution in [-0.4, -0.2) is 12.1 Å². The molecule has 2 nitrogen and oxygen atoms in total. The molecule has 2 atom stereocenters. The molecule has 0 radical (unpaired) electrons. The molecule has 2 heterocycles. The Hall–Kier alpha value is -1.67. The maximum atomic E-state index is 4.90. The van der Waals surface area contributed by atoms with E-state index in [1.807, 2.05) is 0 Å². The number of fused-ring (bicyclic) bond motifs is 1. The molecule has 4 rings (SSSR count). The van der Waals surface area contributed by atoms with Gasteiger partial charge in [0.1, 0.15) is 0 Å². The molecule has 2 aliphatic heterocycles. The molecule has 4 bridgehead atoms. The third-order valence-electron chi connectivity index (χ3n) is 4.89. The Morgan fingerprint density at radius 3 is 3.05 bits per heavy atom. The van der Waals surface area contributed by atoms with Crippen molar-refractivity contribution in [1.29, 1.82) is 0 Å². The van der Waals surface area contributed by atoms with Crippen LogP contribution in [0.1, 0.15) is 31.9 Å². The summed E-state index contributed by atoms with van der Waals surface area (Å²) in [6, 6.07) is 4.54. The van der Waals surface area contributed by atoms with Crippen molar-refractivity contribution < 1.29 is 0 Å². The molecule has 1 aromatic rings. The first-order valence-electron chi connectivity index (χ1n) is 6.97. The van der Waals surface area contributed by atoms with Gasteiger partial charge in [-0.25, -0.2) is 0 Å². The van der Waals surface area contributed by atoms with Crippen LogP contribution < -0.4 is 15.9 Å². The standard InChI is InChI=1S/C17H18N2/c1-10-14-7-13-9-17(3)11(2)16(10)19-15(14)8-12(13)5-4-6-18-17/h4-5,7-9,11,18H,6H2,1-3H3. The predicted octanol–water partition coefficient (Wildman–Crippen LogP) is 1.86. The van der Waals surface area contributed by atoms with E-state index in [-0.39, 0.29) is 5.54 Å². The molecule has 2 heteroatoms. The molecule has 0 fully saturated rings. The van der Waals surface area contributed by atoms with Gasteiger partial charge in [-0.15, -0.1) is 0 Å². The van der Waals surface area contributed by atoms with E-state index in [0.717, 1.165) is 11.9 Å². The van der Waals surface area contributed by atoms with Crippen molar-refractivity contribution in [3.63, 3.8) is 0 Å². The summed E-state index contributed by atoms with van der Waals surface area (Å²) in [5, 5.41) is 6.13. The quantitative estimate of drug-likeness (QED) is 0.746. The minimum absolute atomic E-state index is 0.0406. The van der Waals surface area contributed by atoms with Crippen molar-refractivity contribution in [2.24, 2.45) is 10.9 Å². The summed E-state index contributed by atoms with van der Waals surface area (Å²) in [6.07, 6.45) is 6.80. The van der Waals surface area contributed by atoms with Gasteiger partial charge in [0.15, 0.2) is 0 Å². The molecule has 96 valence electrons. The van der Waals surface area contributed by atoms with Crippen LogP contribution in [-0.2, 0) is 0 Å². The highest BCUT2D eigenvalue weighted by Gasteiger charge is 2.35. The Morgan fingerprint density at radius 2 is 2.21 bits per heavy atom. The van der Waals surface area contributed by atoms with Gasteiger partial charge in [-0.05, 0) is 42.3 Å². The van der Waals surface area contributed by atoms with Crippen molar-refractivity contribution in [2.45, 2.75) is 26.3 Å². The first kappa shape index (κ1) is 11.2. The maximum Gasteiger partial charge on any atom is 0.0715 e. The van der Waals surface area contributed by atoms with Crippen molar-refractivity contribution >= 4 is 17.7 Å². The fraction of sp³-hybridized carbons (Fsp3) is 0.353. The van der Waals surface area contributed by atoms with Crippen LogP contribution in [0.5, 0.6) is 0 Å². The number of benzene rings is 1. The largest absolute Gasteiger partial charge is 0.304 e. The van der Waals surface area contributed by atoms with Crippen molar-refractivity contribution in [3.05, 3.63) is 45.6 Å². The van der Waals surface area contributed by atoms with Crippen LogP contribution in [0.2, 0.25) is 0 Å². The van der Waals surface area contributed by atoms with Gasteiger partial charge in [0.2, 0.25) is 0 Å². The van der Waals surface area contributed by atoms with E-state index in [4.69, 9.17) is 4.99 Å². The highest BCUT2D eigenvalue weighted by Crippen LogP contribution is 2.35. The minimum Gasteiger partial charge on any atom is -0.304 e. The van der Waals surface area contributed by atoms with Crippen molar-refractivity contribution in [2.75, 3.05) is 6.54 Å². The van der Waals surface area contributed by atoms with Gasteiger partial charge in [0.05, 0.1) is 5.36 Å². The lowest BCUT2D eigenvalue weighted by Crippen LogP contribution is -2.48. The smallest absolute Gasteiger partial charge is 0.0715 e. The van der Waals surface area contributed by atoms with Gasteiger partial charge in [0.25, 0.3) is 0 Å². The van der Waals surface area contributed by atoms with E-state index in [0.29, 0.717) is 5.92 Å². The lowest BCUT2D eigenvalue weighted by Gasteiger charge is -2.35. The summed E-state index contributed by atoms with van der Waals surface area (Å²) in [7, 11) is 0. The highest BCUT2D eigenvalue weighted by molar-refractivity contribution is 5.74. The van der Waals surface area contributed by atoms with Gasteiger partial charge >= 0.3 is 0 Å². The molecule has 1 N–H and O–H groups in total. The molecule has 0 amide bonds. The number of nitrogens with one attached hydrogen (secondary N) is 1.